The Hall–Kier alpha value is -2.32. The van der Waals surface area contributed by atoms with Crippen molar-refractivity contribution >= 4 is 29.5 Å². The van der Waals surface area contributed by atoms with E-state index in [1.165, 1.54) is 0 Å². The summed E-state index contributed by atoms with van der Waals surface area (Å²) in [4.78, 5) is 45.5. The molecule has 2 amide bonds. The number of hydrogen-bond donors (Lipinski definition) is 1. The maximum absolute atomic E-state index is 14.4. The molecule has 1 aromatic carbocycles. The van der Waals surface area contributed by atoms with Crippen molar-refractivity contribution in [3.8, 4) is 0 Å². The van der Waals surface area contributed by atoms with Crippen molar-refractivity contribution < 1.29 is 24.2 Å². The summed E-state index contributed by atoms with van der Waals surface area (Å²) >= 11 is 1.63. The van der Waals surface area contributed by atoms with Gasteiger partial charge >= 0.3 is 5.97 Å². The van der Waals surface area contributed by atoms with Gasteiger partial charge in [0.25, 0.3) is 0 Å². The Bertz CT molecular complexity index is 1020. The van der Waals surface area contributed by atoms with E-state index >= 15 is 0 Å². The smallest absolute Gasteiger partial charge is 0.311 e. The van der Waals surface area contributed by atoms with Gasteiger partial charge in [0.1, 0.15) is 6.04 Å². The van der Waals surface area contributed by atoms with E-state index in [0.717, 1.165) is 31.2 Å². The van der Waals surface area contributed by atoms with Crippen LogP contribution in [0.15, 0.2) is 43.0 Å². The van der Waals surface area contributed by atoms with Gasteiger partial charge in [-0.15, -0.1) is 18.3 Å². The molecular weight excluding hydrogens is 488 g/mol. The molecule has 3 aliphatic rings. The van der Waals surface area contributed by atoms with E-state index in [9.17, 15) is 19.5 Å². The van der Waals surface area contributed by atoms with Gasteiger partial charge in [0.15, 0.2) is 0 Å². The molecule has 8 heteroatoms. The van der Waals surface area contributed by atoms with Gasteiger partial charge in [-0.3, -0.25) is 14.4 Å². The number of esters is 1. The number of hydrogen-bond acceptors (Lipinski definition) is 6. The van der Waals surface area contributed by atoms with Crippen LogP contribution in [0.1, 0.15) is 64.5 Å². The highest BCUT2D eigenvalue weighted by molar-refractivity contribution is 8.02. The van der Waals surface area contributed by atoms with Gasteiger partial charge in [0, 0.05) is 17.8 Å². The predicted molar refractivity (Wildman–Crippen MR) is 145 cm³/mol. The Morgan fingerprint density at radius 1 is 1.27 bits per heavy atom. The zero-order valence-corrected chi connectivity index (χ0v) is 23.0. The van der Waals surface area contributed by atoms with E-state index in [0.29, 0.717) is 19.5 Å². The molecule has 7 nitrogen and oxygen atoms in total. The van der Waals surface area contributed by atoms with Gasteiger partial charge in [-0.1, -0.05) is 56.2 Å². The van der Waals surface area contributed by atoms with Crippen LogP contribution in [0.5, 0.6) is 0 Å². The first-order chi connectivity index (χ1) is 17.8. The van der Waals surface area contributed by atoms with E-state index in [1.807, 2.05) is 37.3 Å². The number of likely N-dealkylation sites (tertiary alicyclic amines) is 1. The minimum absolute atomic E-state index is 0.123. The third-order valence-electron chi connectivity index (χ3n) is 8.37. The van der Waals surface area contributed by atoms with Crippen LogP contribution < -0.4 is 0 Å². The molecule has 2 bridgehead atoms. The number of unbranched alkanes of at least 4 members (excludes halogenated alkanes) is 2. The molecule has 3 aliphatic heterocycles. The number of aliphatic hydroxyl groups excluding tert-OH is 1. The van der Waals surface area contributed by atoms with E-state index < -0.39 is 33.4 Å². The van der Waals surface area contributed by atoms with Crippen molar-refractivity contribution in [2.75, 3.05) is 26.3 Å². The minimum atomic E-state index is -0.782. The van der Waals surface area contributed by atoms with Crippen molar-refractivity contribution in [2.45, 2.75) is 74.5 Å². The lowest BCUT2D eigenvalue weighted by Gasteiger charge is -2.39. The van der Waals surface area contributed by atoms with E-state index in [1.54, 1.807) is 34.6 Å². The summed E-state index contributed by atoms with van der Waals surface area (Å²) in [5.41, 5.74) is 0.771. The van der Waals surface area contributed by atoms with Gasteiger partial charge in [-0.2, -0.15) is 0 Å². The van der Waals surface area contributed by atoms with Crippen LogP contribution in [0.25, 0.3) is 0 Å². The molecule has 202 valence electrons. The monoisotopic (exact) mass is 528 g/mol. The minimum Gasteiger partial charge on any atom is -0.466 e. The lowest BCUT2D eigenvalue weighted by Crippen LogP contribution is -2.55. The molecule has 0 saturated carbocycles. The van der Waals surface area contributed by atoms with Crippen LogP contribution in [0, 0.1) is 11.8 Å². The fourth-order valence-corrected chi connectivity index (χ4v) is 9.10. The lowest BCUT2D eigenvalue weighted by atomic mass is 9.66. The Balaban J connectivity index is 1.82. The number of ether oxygens (including phenoxy) is 1. The molecule has 3 fully saturated rings. The average molecular weight is 529 g/mol. The largest absolute Gasteiger partial charge is 0.466 e. The van der Waals surface area contributed by atoms with Gasteiger partial charge in [-0.25, -0.2) is 0 Å². The molecule has 1 N–H and O–H groups in total. The van der Waals surface area contributed by atoms with Crippen molar-refractivity contribution in [3.05, 3.63) is 48.6 Å². The van der Waals surface area contributed by atoms with Crippen LogP contribution in [0.2, 0.25) is 0 Å². The first kappa shape index (κ1) is 27.7. The van der Waals surface area contributed by atoms with Crippen molar-refractivity contribution in [1.82, 2.24) is 9.80 Å². The van der Waals surface area contributed by atoms with Crippen molar-refractivity contribution in [2.24, 2.45) is 11.8 Å². The number of carbonyl (C=O) groups is 3. The SMILES string of the molecule is C=CCN(CCCCC)C(=O)C1N([C@H](CO)c2ccccc2)C(=O)[C@@H]2[C@H](C(=O)OCC)[C@]3(C)CCC12S3. The average Bonchev–Trinajstić information content (AvgIpc) is 3.46. The molecule has 0 aromatic heterocycles. The fraction of sp³-hybridized carbons (Fsp3) is 0.621. The Labute approximate surface area is 224 Å². The third-order valence-corrected chi connectivity index (χ3v) is 10.4. The normalized spacial score (nSPS) is 30.8. The van der Waals surface area contributed by atoms with Gasteiger partial charge in [-0.05, 0) is 38.7 Å². The summed E-state index contributed by atoms with van der Waals surface area (Å²) in [5, 5.41) is 10.6. The maximum atomic E-state index is 14.4. The molecule has 1 aromatic rings. The molecule has 2 unspecified atom stereocenters. The first-order valence-electron chi connectivity index (χ1n) is 13.5. The second-order valence-electron chi connectivity index (χ2n) is 10.6. The van der Waals surface area contributed by atoms with Gasteiger partial charge in [0.2, 0.25) is 11.8 Å². The highest BCUT2D eigenvalue weighted by atomic mass is 32.2. The molecule has 3 saturated heterocycles. The maximum Gasteiger partial charge on any atom is 0.311 e. The molecule has 3 heterocycles. The Kier molecular flexibility index (Phi) is 8.38. The number of nitrogens with zero attached hydrogens (tertiary/aromatic N) is 2. The molecule has 37 heavy (non-hydrogen) atoms. The van der Waals surface area contributed by atoms with Crippen LogP contribution in [0.3, 0.4) is 0 Å². The van der Waals surface area contributed by atoms with Crippen molar-refractivity contribution in [1.29, 1.82) is 0 Å². The highest BCUT2D eigenvalue weighted by Gasteiger charge is 2.78. The number of carbonyl (C=O) groups excluding carboxylic acids is 3. The molecule has 4 rings (SSSR count). The zero-order chi connectivity index (χ0) is 26.8. The Morgan fingerprint density at radius 3 is 2.62 bits per heavy atom. The molecular formula is C29H40N2O5S. The van der Waals surface area contributed by atoms with Gasteiger partial charge < -0.3 is 19.6 Å². The van der Waals surface area contributed by atoms with Crippen LogP contribution >= 0.6 is 11.8 Å². The second-order valence-corrected chi connectivity index (χ2v) is 12.5. The van der Waals surface area contributed by atoms with Gasteiger partial charge in [0.05, 0.1) is 35.8 Å². The zero-order valence-electron chi connectivity index (χ0n) is 22.2. The number of thioether (sulfide) groups is 1. The number of benzene rings is 1. The quantitative estimate of drug-likeness (QED) is 0.251. The summed E-state index contributed by atoms with van der Waals surface area (Å²) in [5.74, 6) is -2.01. The van der Waals surface area contributed by atoms with Crippen LogP contribution in [0.4, 0.5) is 0 Å². The summed E-state index contributed by atoms with van der Waals surface area (Å²) in [6, 6.07) is 7.90. The number of fused-ring (bicyclic) bond motifs is 1. The van der Waals surface area contributed by atoms with Crippen LogP contribution in [-0.4, -0.2) is 74.5 Å². The lowest BCUT2D eigenvalue weighted by molar-refractivity contribution is -0.155. The van der Waals surface area contributed by atoms with Crippen molar-refractivity contribution in [3.63, 3.8) is 0 Å². The first-order valence-corrected chi connectivity index (χ1v) is 14.4. The Morgan fingerprint density at radius 2 is 2.00 bits per heavy atom. The highest BCUT2D eigenvalue weighted by Crippen LogP contribution is 2.72. The molecule has 0 aliphatic carbocycles. The topological polar surface area (TPSA) is 87.2 Å². The number of amides is 2. The molecule has 0 radical (unpaired) electrons. The predicted octanol–water partition coefficient (Wildman–Crippen LogP) is 3.97. The second kappa shape index (κ2) is 11.2. The standard InChI is InChI=1S/C29H40N2O5S/c1-5-8-12-18-30(17-6-2)26(34)24-29-16-15-28(4,37-29)23(27(35)36-7-3)22(29)25(33)31(24)21(19-32)20-13-10-9-11-14-20/h6,9-11,13-14,21-24,32H,2,5,7-8,12,15-19H2,1,3-4H3/t21-,22+,23-,24?,28+,29?/m1/s1. The number of aliphatic hydroxyl groups is 1. The number of rotatable bonds is 12. The fourth-order valence-electron chi connectivity index (χ4n) is 6.77. The third kappa shape index (κ3) is 4.60. The molecule has 6 atom stereocenters. The van der Waals surface area contributed by atoms with E-state index in [4.69, 9.17) is 4.74 Å². The summed E-state index contributed by atoms with van der Waals surface area (Å²) < 4.78 is 4.26. The van der Waals surface area contributed by atoms with E-state index in [2.05, 4.69) is 13.5 Å². The summed E-state index contributed by atoms with van der Waals surface area (Å²) in [7, 11) is 0. The molecule has 1 spiro atoms. The summed E-state index contributed by atoms with van der Waals surface area (Å²) in [6.07, 6.45) is 6.02. The summed E-state index contributed by atoms with van der Waals surface area (Å²) in [6.45, 7) is 10.7. The van der Waals surface area contributed by atoms with E-state index in [-0.39, 0.29) is 31.0 Å². The van der Waals surface area contributed by atoms with Crippen LogP contribution in [-0.2, 0) is 19.1 Å².